The first-order valence-corrected chi connectivity index (χ1v) is 7.58. The molecule has 1 heterocycles. The normalized spacial score (nSPS) is 10.6. The van der Waals surface area contributed by atoms with Gasteiger partial charge in [-0.2, -0.15) is 0 Å². The van der Waals surface area contributed by atoms with E-state index in [1.165, 1.54) is 4.57 Å². The monoisotopic (exact) mass is 319 g/mol. The van der Waals surface area contributed by atoms with Crippen molar-refractivity contribution in [2.45, 2.75) is 6.92 Å². The molecule has 24 heavy (non-hydrogen) atoms. The summed E-state index contributed by atoms with van der Waals surface area (Å²) in [6.07, 6.45) is 0. The van der Waals surface area contributed by atoms with Crippen LogP contribution in [-0.2, 0) is 7.05 Å². The van der Waals surface area contributed by atoms with Gasteiger partial charge in [0.2, 0.25) is 0 Å². The van der Waals surface area contributed by atoms with E-state index in [0.29, 0.717) is 11.3 Å². The van der Waals surface area contributed by atoms with Gasteiger partial charge in [0.05, 0.1) is 11.3 Å². The molecule has 0 saturated carbocycles. The Labute approximate surface area is 139 Å². The van der Waals surface area contributed by atoms with E-state index in [4.69, 9.17) is 0 Å². The van der Waals surface area contributed by atoms with Crippen molar-refractivity contribution >= 4 is 5.97 Å². The maximum Gasteiger partial charge on any atom is 0.336 e. The van der Waals surface area contributed by atoms with Crippen LogP contribution in [0.15, 0.2) is 65.5 Å². The van der Waals surface area contributed by atoms with Crippen molar-refractivity contribution in [2.75, 3.05) is 0 Å². The number of hydrogen-bond acceptors (Lipinski definition) is 2. The zero-order chi connectivity index (χ0) is 17.3. The van der Waals surface area contributed by atoms with Crippen LogP contribution in [0, 0.1) is 6.92 Å². The summed E-state index contributed by atoms with van der Waals surface area (Å²) in [5.41, 5.74) is 3.94. The molecule has 0 spiro atoms. The fourth-order valence-corrected chi connectivity index (χ4v) is 2.70. The molecule has 2 aromatic carbocycles. The molecule has 4 nitrogen and oxygen atoms in total. The summed E-state index contributed by atoms with van der Waals surface area (Å²) >= 11 is 0. The number of carboxylic acids is 1. The number of benzene rings is 2. The summed E-state index contributed by atoms with van der Waals surface area (Å²) in [6.45, 7) is 2.00. The van der Waals surface area contributed by atoms with Crippen molar-refractivity contribution in [1.82, 2.24) is 4.57 Å². The molecule has 0 radical (unpaired) electrons. The minimum Gasteiger partial charge on any atom is -0.478 e. The highest BCUT2D eigenvalue weighted by Gasteiger charge is 2.15. The summed E-state index contributed by atoms with van der Waals surface area (Å²) in [4.78, 5) is 23.9. The van der Waals surface area contributed by atoms with Crippen LogP contribution < -0.4 is 5.56 Å². The number of aromatic carboxylic acids is 1. The van der Waals surface area contributed by atoms with Gasteiger partial charge in [0.15, 0.2) is 0 Å². The van der Waals surface area contributed by atoms with Crippen molar-refractivity contribution < 1.29 is 9.90 Å². The molecular weight excluding hydrogens is 302 g/mol. The smallest absolute Gasteiger partial charge is 0.336 e. The van der Waals surface area contributed by atoms with Gasteiger partial charge in [-0.15, -0.1) is 0 Å². The molecule has 0 aliphatic rings. The van der Waals surface area contributed by atoms with Crippen molar-refractivity contribution in [3.63, 3.8) is 0 Å². The Morgan fingerprint density at radius 1 is 0.958 bits per heavy atom. The number of carbonyl (C=O) groups is 1. The molecule has 3 rings (SSSR count). The molecule has 120 valence electrons. The van der Waals surface area contributed by atoms with E-state index in [9.17, 15) is 14.7 Å². The molecule has 1 aromatic heterocycles. The quantitative estimate of drug-likeness (QED) is 0.800. The highest BCUT2D eigenvalue weighted by Crippen LogP contribution is 2.27. The number of aryl methyl sites for hydroxylation is 1. The van der Waals surface area contributed by atoms with Crippen LogP contribution in [0.2, 0.25) is 0 Å². The third-order valence-electron chi connectivity index (χ3n) is 4.08. The highest BCUT2D eigenvalue weighted by atomic mass is 16.4. The Morgan fingerprint density at radius 2 is 1.62 bits per heavy atom. The van der Waals surface area contributed by atoms with E-state index in [2.05, 4.69) is 0 Å². The summed E-state index contributed by atoms with van der Waals surface area (Å²) < 4.78 is 1.47. The predicted octanol–water partition coefficient (Wildman–Crippen LogP) is 3.73. The first-order valence-electron chi connectivity index (χ1n) is 7.58. The van der Waals surface area contributed by atoms with Crippen LogP contribution >= 0.6 is 0 Å². The number of carboxylic acid groups (broad SMARTS) is 1. The fraction of sp³-hybridized carbons (Fsp3) is 0.100. The van der Waals surface area contributed by atoms with Crippen LogP contribution in [0.3, 0.4) is 0 Å². The Bertz CT molecular complexity index is 969. The summed E-state index contributed by atoms with van der Waals surface area (Å²) in [5.74, 6) is -1.02. The second kappa shape index (κ2) is 6.16. The molecule has 0 atom stereocenters. The third kappa shape index (κ3) is 2.86. The largest absolute Gasteiger partial charge is 0.478 e. The average molecular weight is 319 g/mol. The van der Waals surface area contributed by atoms with Gasteiger partial charge < -0.3 is 9.67 Å². The van der Waals surface area contributed by atoms with E-state index < -0.39 is 5.97 Å². The van der Waals surface area contributed by atoms with Gasteiger partial charge in [-0.3, -0.25) is 4.79 Å². The van der Waals surface area contributed by atoms with Crippen LogP contribution in [-0.4, -0.2) is 15.6 Å². The number of nitrogens with zero attached hydrogens (tertiary/aromatic N) is 1. The number of aromatic nitrogens is 1. The molecule has 0 aliphatic carbocycles. The van der Waals surface area contributed by atoms with Gasteiger partial charge in [0, 0.05) is 18.7 Å². The average Bonchev–Trinajstić information content (AvgIpc) is 2.58. The van der Waals surface area contributed by atoms with Crippen LogP contribution in [0.25, 0.3) is 22.4 Å². The number of rotatable bonds is 3. The second-order valence-electron chi connectivity index (χ2n) is 5.74. The van der Waals surface area contributed by atoms with Gasteiger partial charge in [-0.05, 0) is 30.2 Å². The summed E-state index contributed by atoms with van der Waals surface area (Å²) in [6, 6.07) is 18.0. The SMILES string of the molecule is Cc1ccc(-c2cc(-c3ccccc3C(=O)O)n(C)c(=O)c2)cc1. The van der Waals surface area contributed by atoms with E-state index in [1.54, 1.807) is 37.4 Å². The first kappa shape index (κ1) is 15.7. The topological polar surface area (TPSA) is 59.3 Å². The lowest BCUT2D eigenvalue weighted by Gasteiger charge is -2.13. The lowest BCUT2D eigenvalue weighted by atomic mass is 9.99. The highest BCUT2D eigenvalue weighted by molar-refractivity contribution is 5.95. The van der Waals surface area contributed by atoms with Crippen molar-refractivity contribution in [3.8, 4) is 22.4 Å². The van der Waals surface area contributed by atoms with E-state index in [1.807, 2.05) is 37.3 Å². The minimum absolute atomic E-state index is 0.175. The molecular formula is C20H17NO3. The standard InChI is InChI=1S/C20H17NO3/c1-13-7-9-14(10-8-13)15-11-18(21(2)19(22)12-15)16-5-3-4-6-17(16)20(23)24/h3-12H,1-2H3,(H,23,24). The van der Waals surface area contributed by atoms with E-state index >= 15 is 0 Å². The molecule has 1 N–H and O–H groups in total. The predicted molar refractivity (Wildman–Crippen MR) is 94.3 cm³/mol. The molecule has 4 heteroatoms. The van der Waals surface area contributed by atoms with Crippen LogP contribution in [0.1, 0.15) is 15.9 Å². The molecule has 0 aliphatic heterocycles. The lowest BCUT2D eigenvalue weighted by molar-refractivity contribution is 0.0697. The number of hydrogen-bond donors (Lipinski definition) is 1. The summed E-state index contributed by atoms with van der Waals surface area (Å²) in [5, 5.41) is 9.42. The van der Waals surface area contributed by atoms with E-state index in [-0.39, 0.29) is 11.1 Å². The molecule has 0 fully saturated rings. The summed E-state index contributed by atoms with van der Waals surface area (Å²) in [7, 11) is 1.65. The van der Waals surface area contributed by atoms with Crippen LogP contribution in [0.4, 0.5) is 0 Å². The fourth-order valence-electron chi connectivity index (χ4n) is 2.70. The van der Waals surface area contributed by atoms with Crippen molar-refractivity contribution in [1.29, 1.82) is 0 Å². The Morgan fingerprint density at radius 3 is 2.29 bits per heavy atom. The van der Waals surface area contributed by atoms with Gasteiger partial charge in [0.1, 0.15) is 0 Å². The van der Waals surface area contributed by atoms with Gasteiger partial charge in [-0.1, -0.05) is 48.0 Å². The van der Waals surface area contributed by atoms with Gasteiger partial charge in [0.25, 0.3) is 5.56 Å². The lowest BCUT2D eigenvalue weighted by Crippen LogP contribution is -2.18. The Kier molecular flexibility index (Phi) is 4.04. The minimum atomic E-state index is -1.02. The Hall–Kier alpha value is -3.14. The molecule has 0 bridgehead atoms. The first-order chi connectivity index (χ1) is 11.5. The second-order valence-corrected chi connectivity index (χ2v) is 5.74. The maximum absolute atomic E-state index is 12.4. The Balaban J connectivity index is 2.25. The van der Waals surface area contributed by atoms with E-state index in [0.717, 1.165) is 16.7 Å². The van der Waals surface area contributed by atoms with Crippen molar-refractivity contribution in [2.24, 2.45) is 7.05 Å². The maximum atomic E-state index is 12.4. The van der Waals surface area contributed by atoms with Gasteiger partial charge in [-0.25, -0.2) is 4.79 Å². The zero-order valence-electron chi connectivity index (χ0n) is 13.5. The molecule has 0 saturated heterocycles. The third-order valence-corrected chi connectivity index (χ3v) is 4.08. The molecule has 3 aromatic rings. The van der Waals surface area contributed by atoms with Crippen LogP contribution in [0.5, 0.6) is 0 Å². The molecule has 0 unspecified atom stereocenters. The zero-order valence-corrected chi connectivity index (χ0v) is 13.5. The van der Waals surface area contributed by atoms with Gasteiger partial charge >= 0.3 is 5.97 Å². The number of pyridine rings is 1. The van der Waals surface area contributed by atoms with Crippen molar-refractivity contribution in [3.05, 3.63) is 82.1 Å². The molecule has 0 amide bonds.